The number of pyridine rings is 1. The first-order valence-electron chi connectivity index (χ1n) is 9.21. The molecule has 0 spiro atoms. The zero-order valence-corrected chi connectivity index (χ0v) is 16.3. The molecule has 3 aromatic rings. The summed E-state index contributed by atoms with van der Waals surface area (Å²) in [5, 5.41) is 6.65. The van der Waals surface area contributed by atoms with Gasteiger partial charge in [0.05, 0.1) is 0 Å². The third-order valence-corrected chi connectivity index (χ3v) is 4.55. The van der Waals surface area contributed by atoms with Gasteiger partial charge in [-0.2, -0.15) is 5.10 Å². The molecule has 1 aromatic carbocycles. The van der Waals surface area contributed by atoms with Gasteiger partial charge in [0, 0.05) is 30.7 Å². The van der Waals surface area contributed by atoms with Crippen molar-refractivity contribution >= 4 is 11.8 Å². The number of amides is 2. The quantitative estimate of drug-likeness (QED) is 0.693. The van der Waals surface area contributed by atoms with Gasteiger partial charge < -0.3 is 0 Å². The van der Waals surface area contributed by atoms with E-state index in [2.05, 4.69) is 36.2 Å². The van der Waals surface area contributed by atoms with E-state index in [4.69, 9.17) is 0 Å². The fourth-order valence-electron chi connectivity index (χ4n) is 2.85. The Morgan fingerprint density at radius 1 is 0.929 bits per heavy atom. The van der Waals surface area contributed by atoms with Crippen molar-refractivity contribution in [2.45, 2.75) is 39.2 Å². The summed E-state index contributed by atoms with van der Waals surface area (Å²) < 4.78 is 1.60. The number of nitrogens with one attached hydrogen (secondary N) is 1. The topological polar surface area (TPSA) is 76.9 Å². The number of carbonyl (C=O) groups excluding carboxylic acids is 2. The van der Waals surface area contributed by atoms with Gasteiger partial charge in [-0.3, -0.25) is 24.6 Å². The van der Waals surface area contributed by atoms with Gasteiger partial charge in [-0.25, -0.2) is 0 Å². The summed E-state index contributed by atoms with van der Waals surface area (Å²) in [5.41, 5.74) is 3.04. The molecule has 1 N–H and O–H groups in total. The number of hydrogen-bond donors (Lipinski definition) is 1. The van der Waals surface area contributed by atoms with Crippen LogP contribution in [0.15, 0.2) is 61.1 Å². The summed E-state index contributed by atoms with van der Waals surface area (Å²) in [4.78, 5) is 29.0. The molecule has 3 rings (SSSR count). The molecule has 0 bridgehead atoms. The fraction of sp³-hybridized carbons (Fsp3) is 0.273. The lowest BCUT2D eigenvalue weighted by molar-refractivity contribution is 0.0843. The number of aryl methyl sites for hydroxylation is 2. The Morgan fingerprint density at radius 3 is 2.25 bits per heavy atom. The van der Waals surface area contributed by atoms with Gasteiger partial charge in [0.25, 0.3) is 11.8 Å². The van der Waals surface area contributed by atoms with Gasteiger partial charge in [0.15, 0.2) is 0 Å². The van der Waals surface area contributed by atoms with E-state index in [9.17, 15) is 9.59 Å². The van der Waals surface area contributed by atoms with E-state index in [1.54, 1.807) is 41.5 Å². The summed E-state index contributed by atoms with van der Waals surface area (Å²) in [5.74, 6) is -0.885. The Morgan fingerprint density at radius 2 is 1.61 bits per heavy atom. The van der Waals surface area contributed by atoms with Gasteiger partial charge in [0.1, 0.15) is 5.69 Å². The van der Waals surface area contributed by atoms with Gasteiger partial charge in [-0.05, 0) is 53.3 Å². The number of imide groups is 1. The van der Waals surface area contributed by atoms with Crippen LogP contribution < -0.4 is 5.32 Å². The van der Waals surface area contributed by atoms with E-state index in [0.717, 1.165) is 11.1 Å². The molecule has 6 heteroatoms. The highest BCUT2D eigenvalue weighted by Gasteiger charge is 2.18. The zero-order valence-electron chi connectivity index (χ0n) is 16.3. The molecule has 0 fully saturated rings. The highest BCUT2D eigenvalue weighted by molar-refractivity contribution is 6.09. The molecule has 0 aliphatic heterocycles. The van der Waals surface area contributed by atoms with E-state index in [1.807, 2.05) is 24.3 Å². The first-order valence-corrected chi connectivity index (χ1v) is 9.21. The summed E-state index contributed by atoms with van der Waals surface area (Å²) in [6, 6.07) is 12.8. The van der Waals surface area contributed by atoms with Crippen molar-refractivity contribution in [3.63, 3.8) is 0 Å². The largest absolute Gasteiger partial charge is 0.287 e. The van der Waals surface area contributed by atoms with Crippen LogP contribution in [-0.2, 0) is 18.4 Å². The zero-order chi connectivity index (χ0) is 20.1. The molecular formula is C22H24N4O2. The molecule has 28 heavy (non-hydrogen) atoms. The van der Waals surface area contributed by atoms with Crippen molar-refractivity contribution in [3.05, 3.63) is 83.4 Å². The Hall–Kier alpha value is -3.28. The maximum atomic E-state index is 12.5. The van der Waals surface area contributed by atoms with Crippen molar-refractivity contribution in [3.8, 4) is 0 Å². The highest BCUT2D eigenvalue weighted by Crippen LogP contribution is 2.22. The van der Waals surface area contributed by atoms with Gasteiger partial charge in [-0.15, -0.1) is 0 Å². The Labute approximate surface area is 164 Å². The van der Waals surface area contributed by atoms with Crippen LogP contribution in [0.25, 0.3) is 0 Å². The summed E-state index contributed by atoms with van der Waals surface area (Å²) in [7, 11) is 0. The van der Waals surface area contributed by atoms with Crippen molar-refractivity contribution in [1.29, 1.82) is 0 Å². The predicted octanol–water partition coefficient (Wildman–Crippen LogP) is 3.39. The van der Waals surface area contributed by atoms with E-state index < -0.39 is 11.8 Å². The molecule has 0 saturated carbocycles. The monoisotopic (exact) mass is 376 g/mol. The van der Waals surface area contributed by atoms with Crippen LogP contribution >= 0.6 is 0 Å². The van der Waals surface area contributed by atoms with Crippen LogP contribution in [0.5, 0.6) is 0 Å². The molecule has 2 heterocycles. The van der Waals surface area contributed by atoms with Crippen molar-refractivity contribution in [2.75, 3.05) is 0 Å². The van der Waals surface area contributed by atoms with Crippen LogP contribution in [0.2, 0.25) is 0 Å². The van der Waals surface area contributed by atoms with E-state index in [-0.39, 0.29) is 5.41 Å². The van der Waals surface area contributed by atoms with Crippen LogP contribution in [-0.4, -0.2) is 26.6 Å². The number of aromatic nitrogens is 3. The molecular weight excluding hydrogens is 352 g/mol. The van der Waals surface area contributed by atoms with E-state index >= 15 is 0 Å². The minimum atomic E-state index is -0.461. The number of hydrogen-bond acceptors (Lipinski definition) is 4. The third kappa shape index (κ3) is 4.71. The first kappa shape index (κ1) is 19.5. The second-order valence-electron chi connectivity index (χ2n) is 7.66. The lowest BCUT2D eigenvalue weighted by atomic mass is 9.87. The maximum Gasteiger partial charge on any atom is 0.276 e. The van der Waals surface area contributed by atoms with Gasteiger partial charge >= 0.3 is 0 Å². The average molecular weight is 376 g/mol. The summed E-state index contributed by atoms with van der Waals surface area (Å²) in [6.45, 7) is 6.87. The molecule has 144 valence electrons. The van der Waals surface area contributed by atoms with Gasteiger partial charge in [-0.1, -0.05) is 32.9 Å². The lowest BCUT2D eigenvalue weighted by Crippen LogP contribution is -2.32. The molecule has 2 amide bonds. The molecule has 0 saturated heterocycles. The first-order chi connectivity index (χ1) is 13.3. The predicted molar refractivity (Wildman–Crippen MR) is 107 cm³/mol. The minimum absolute atomic E-state index is 0.00609. The fourth-order valence-corrected chi connectivity index (χ4v) is 2.85. The van der Waals surface area contributed by atoms with Gasteiger partial charge in [0.2, 0.25) is 0 Å². The number of nitrogens with zero attached hydrogens (tertiary/aromatic N) is 3. The Bertz CT molecular complexity index is 954. The lowest BCUT2D eigenvalue weighted by Gasteiger charge is -2.19. The molecule has 0 radical (unpaired) electrons. The molecule has 0 unspecified atom stereocenters. The van der Waals surface area contributed by atoms with Crippen LogP contribution in [0.3, 0.4) is 0 Å². The maximum absolute atomic E-state index is 12.5. The smallest absolute Gasteiger partial charge is 0.276 e. The standard InChI is InChI=1S/C22H24N4O2/c1-22(2,3)18-6-4-17(5-7-18)20(27)25-21(28)19-10-14-24-26(19)15-11-16-8-12-23-13-9-16/h4-10,12-14H,11,15H2,1-3H3,(H,25,27,28). The molecule has 6 nitrogen and oxygen atoms in total. The van der Waals surface area contributed by atoms with E-state index in [1.165, 1.54) is 0 Å². The molecule has 0 aliphatic carbocycles. The van der Waals surface area contributed by atoms with Crippen LogP contribution in [0, 0.1) is 0 Å². The molecule has 0 aliphatic rings. The Balaban J connectivity index is 1.65. The normalized spacial score (nSPS) is 11.2. The summed E-state index contributed by atoms with van der Waals surface area (Å²) >= 11 is 0. The number of benzene rings is 1. The average Bonchev–Trinajstić information content (AvgIpc) is 3.15. The minimum Gasteiger partial charge on any atom is -0.287 e. The van der Waals surface area contributed by atoms with Crippen molar-refractivity contribution in [2.24, 2.45) is 0 Å². The molecule has 2 aromatic heterocycles. The second-order valence-corrected chi connectivity index (χ2v) is 7.66. The number of rotatable bonds is 5. The SMILES string of the molecule is CC(C)(C)c1ccc(C(=O)NC(=O)c2ccnn2CCc2ccncc2)cc1. The summed E-state index contributed by atoms with van der Waals surface area (Å²) in [6.07, 6.45) is 5.74. The van der Waals surface area contributed by atoms with Crippen molar-refractivity contribution < 1.29 is 9.59 Å². The van der Waals surface area contributed by atoms with Crippen LogP contribution in [0.1, 0.15) is 52.7 Å². The Kier molecular flexibility index (Phi) is 5.68. The van der Waals surface area contributed by atoms with Crippen LogP contribution in [0.4, 0.5) is 0 Å². The van der Waals surface area contributed by atoms with E-state index in [0.29, 0.717) is 24.2 Å². The molecule has 0 atom stereocenters. The third-order valence-electron chi connectivity index (χ3n) is 4.55. The van der Waals surface area contributed by atoms with Crippen molar-refractivity contribution in [1.82, 2.24) is 20.1 Å². The highest BCUT2D eigenvalue weighted by atomic mass is 16.2. The second kappa shape index (κ2) is 8.17. The number of carbonyl (C=O) groups is 2.